The molecule has 158 valence electrons. The van der Waals surface area contributed by atoms with E-state index in [4.69, 9.17) is 0 Å². The minimum absolute atomic E-state index is 0.0576. The third kappa shape index (κ3) is 6.07. The van der Waals surface area contributed by atoms with Gasteiger partial charge in [-0.25, -0.2) is 9.38 Å². The van der Waals surface area contributed by atoms with Crippen LogP contribution in [0.3, 0.4) is 0 Å². The van der Waals surface area contributed by atoms with Gasteiger partial charge in [0.1, 0.15) is 12.4 Å². The maximum atomic E-state index is 13.4. The first-order chi connectivity index (χ1) is 14.5. The maximum absolute atomic E-state index is 13.4. The number of aromatic amines is 1. The molecule has 1 amide bonds. The minimum atomic E-state index is -0.253. The van der Waals surface area contributed by atoms with E-state index in [9.17, 15) is 9.18 Å². The maximum Gasteiger partial charge on any atom is 0.243 e. The Labute approximate surface area is 176 Å². The number of nitrogens with one attached hydrogen (secondary N) is 3. The van der Waals surface area contributed by atoms with E-state index in [0.717, 1.165) is 29.3 Å². The number of benzene rings is 2. The van der Waals surface area contributed by atoms with E-state index in [1.165, 1.54) is 22.6 Å². The van der Waals surface area contributed by atoms with Crippen LogP contribution in [0.4, 0.5) is 4.39 Å². The Kier molecular flexibility index (Phi) is 7.43. The first kappa shape index (κ1) is 21.4. The zero-order valence-corrected chi connectivity index (χ0v) is 17.4. The van der Waals surface area contributed by atoms with Crippen LogP contribution >= 0.6 is 0 Å². The number of guanidine groups is 1. The van der Waals surface area contributed by atoms with Crippen LogP contribution in [0.5, 0.6) is 0 Å². The third-order valence-corrected chi connectivity index (χ3v) is 4.84. The van der Waals surface area contributed by atoms with Gasteiger partial charge >= 0.3 is 0 Å². The summed E-state index contributed by atoms with van der Waals surface area (Å²) < 4.78 is 13.4. The van der Waals surface area contributed by atoms with Crippen LogP contribution in [-0.4, -0.2) is 55.5 Å². The van der Waals surface area contributed by atoms with Crippen LogP contribution in [0.2, 0.25) is 0 Å². The number of carbonyl (C=O) groups is 1. The normalized spacial score (nSPS) is 11.5. The van der Waals surface area contributed by atoms with E-state index in [1.807, 2.05) is 24.4 Å². The Morgan fingerprint density at radius 2 is 1.80 bits per heavy atom. The molecule has 7 heteroatoms. The van der Waals surface area contributed by atoms with Crippen molar-refractivity contribution in [3.05, 3.63) is 71.7 Å². The molecule has 1 heterocycles. The number of H-pyrrole nitrogens is 1. The van der Waals surface area contributed by atoms with E-state index in [-0.39, 0.29) is 18.3 Å². The number of rotatable bonds is 8. The van der Waals surface area contributed by atoms with E-state index in [1.54, 1.807) is 20.2 Å². The molecule has 0 aliphatic rings. The van der Waals surface area contributed by atoms with Crippen LogP contribution in [0.1, 0.15) is 11.1 Å². The number of carbonyl (C=O) groups excluding carboxylic acids is 1. The van der Waals surface area contributed by atoms with E-state index >= 15 is 0 Å². The molecule has 1 aromatic heterocycles. The number of fused-ring (bicyclic) bond motifs is 1. The quantitative estimate of drug-likeness (QED) is 0.396. The van der Waals surface area contributed by atoms with Crippen molar-refractivity contribution < 1.29 is 9.18 Å². The molecule has 0 saturated carbocycles. The molecule has 0 aliphatic carbocycles. The zero-order valence-electron chi connectivity index (χ0n) is 17.4. The van der Waals surface area contributed by atoms with Gasteiger partial charge in [0.05, 0.1) is 0 Å². The van der Waals surface area contributed by atoms with Gasteiger partial charge in [-0.15, -0.1) is 0 Å². The van der Waals surface area contributed by atoms with Gasteiger partial charge in [-0.05, 0) is 42.2 Å². The van der Waals surface area contributed by atoms with Crippen LogP contribution in [0, 0.1) is 5.82 Å². The highest BCUT2D eigenvalue weighted by Gasteiger charge is 2.07. The second-order valence-electron chi connectivity index (χ2n) is 7.30. The van der Waals surface area contributed by atoms with Gasteiger partial charge in [0.25, 0.3) is 0 Å². The lowest BCUT2D eigenvalue weighted by Crippen LogP contribution is -2.40. The molecular weight excluding hydrogens is 381 g/mol. The number of likely N-dealkylation sites (N-methyl/N-ethyl adjacent to an activating group) is 1. The topological polar surface area (TPSA) is 72.5 Å². The third-order valence-electron chi connectivity index (χ3n) is 4.84. The summed E-state index contributed by atoms with van der Waals surface area (Å²) in [6, 6.07) is 15.0. The fraction of sp³-hybridized carbons (Fsp3) is 0.304. The van der Waals surface area contributed by atoms with Gasteiger partial charge in [0.2, 0.25) is 5.91 Å². The van der Waals surface area contributed by atoms with Crippen LogP contribution in [0.25, 0.3) is 10.9 Å². The molecule has 3 rings (SSSR count). The standard InChI is InChI=1S/C23H28FN5O/c1-29(2)22(30)16-28-23(25-12-10-17-6-4-3-5-7-17)26-13-11-18-15-27-21-14-19(24)8-9-20(18)21/h3-9,14-15,27H,10-13,16H2,1-2H3,(H2,25,26,28). The molecular formula is C23H28FN5O. The van der Waals surface area contributed by atoms with Crippen molar-refractivity contribution in [2.75, 3.05) is 33.7 Å². The molecule has 30 heavy (non-hydrogen) atoms. The highest BCUT2D eigenvalue weighted by molar-refractivity contribution is 5.85. The number of hydrogen-bond donors (Lipinski definition) is 3. The fourth-order valence-corrected chi connectivity index (χ4v) is 3.11. The predicted molar refractivity (Wildman–Crippen MR) is 119 cm³/mol. The molecule has 6 nitrogen and oxygen atoms in total. The van der Waals surface area contributed by atoms with Crippen molar-refractivity contribution in [3.8, 4) is 0 Å². The summed E-state index contributed by atoms with van der Waals surface area (Å²) in [7, 11) is 3.43. The molecule has 0 radical (unpaired) electrons. The van der Waals surface area contributed by atoms with Gasteiger partial charge < -0.3 is 20.5 Å². The Hall–Kier alpha value is -3.35. The summed E-state index contributed by atoms with van der Waals surface area (Å²) >= 11 is 0. The minimum Gasteiger partial charge on any atom is -0.361 e. The van der Waals surface area contributed by atoms with Crippen molar-refractivity contribution in [2.45, 2.75) is 12.8 Å². The molecule has 3 N–H and O–H groups in total. The second kappa shape index (κ2) is 10.4. The highest BCUT2D eigenvalue weighted by Crippen LogP contribution is 2.19. The number of nitrogens with zero attached hydrogens (tertiary/aromatic N) is 2. The summed E-state index contributed by atoms with van der Waals surface area (Å²) in [6.45, 7) is 1.43. The second-order valence-corrected chi connectivity index (χ2v) is 7.30. The summed E-state index contributed by atoms with van der Waals surface area (Å²) in [5, 5.41) is 7.60. The summed E-state index contributed by atoms with van der Waals surface area (Å²) in [4.78, 5) is 21.0. The van der Waals surface area contributed by atoms with Crippen molar-refractivity contribution in [1.82, 2.24) is 20.5 Å². The van der Waals surface area contributed by atoms with E-state index in [0.29, 0.717) is 19.0 Å². The number of halogens is 1. The van der Waals surface area contributed by atoms with Crippen molar-refractivity contribution in [3.63, 3.8) is 0 Å². The molecule has 3 aromatic rings. The SMILES string of the molecule is CN(C)C(=O)CN=C(NCCc1ccccc1)NCCc1c[nH]c2cc(F)ccc12. The van der Waals surface area contributed by atoms with Crippen molar-refractivity contribution in [1.29, 1.82) is 0 Å². The summed E-state index contributed by atoms with van der Waals surface area (Å²) in [6.07, 6.45) is 3.50. The van der Waals surface area contributed by atoms with Crippen LogP contribution in [-0.2, 0) is 17.6 Å². The van der Waals surface area contributed by atoms with Crippen molar-refractivity contribution >= 4 is 22.8 Å². The molecule has 0 unspecified atom stereocenters. The largest absolute Gasteiger partial charge is 0.361 e. The Bertz CT molecular complexity index is 997. The highest BCUT2D eigenvalue weighted by atomic mass is 19.1. The Morgan fingerprint density at radius 3 is 2.53 bits per heavy atom. The molecule has 0 atom stereocenters. The summed E-state index contributed by atoms with van der Waals surface area (Å²) in [5.41, 5.74) is 3.13. The van der Waals surface area contributed by atoms with Crippen LogP contribution < -0.4 is 10.6 Å². The predicted octanol–water partition coefficient (Wildman–Crippen LogP) is 2.72. The zero-order chi connectivity index (χ0) is 21.3. The molecule has 0 aliphatic heterocycles. The number of aromatic nitrogens is 1. The lowest BCUT2D eigenvalue weighted by molar-refractivity contribution is -0.127. The first-order valence-corrected chi connectivity index (χ1v) is 10.0. The first-order valence-electron chi connectivity index (χ1n) is 10.0. The lowest BCUT2D eigenvalue weighted by Gasteiger charge is -2.14. The molecule has 0 bridgehead atoms. The number of aliphatic imine (C=N–C) groups is 1. The summed E-state index contributed by atoms with van der Waals surface area (Å²) in [5.74, 6) is 0.293. The van der Waals surface area contributed by atoms with E-state index < -0.39 is 0 Å². The Balaban J connectivity index is 1.57. The van der Waals surface area contributed by atoms with Gasteiger partial charge in [-0.2, -0.15) is 0 Å². The molecule has 0 saturated heterocycles. The van der Waals surface area contributed by atoms with Crippen molar-refractivity contribution in [2.24, 2.45) is 4.99 Å². The van der Waals surface area contributed by atoms with Gasteiger partial charge in [0, 0.05) is 44.3 Å². The monoisotopic (exact) mass is 409 g/mol. The van der Waals surface area contributed by atoms with Crippen LogP contribution in [0.15, 0.2) is 59.7 Å². The number of hydrogen-bond acceptors (Lipinski definition) is 2. The molecule has 0 spiro atoms. The van der Waals surface area contributed by atoms with Gasteiger partial charge in [0.15, 0.2) is 5.96 Å². The lowest BCUT2D eigenvalue weighted by atomic mass is 10.1. The average molecular weight is 410 g/mol. The van der Waals surface area contributed by atoms with Gasteiger partial charge in [-0.1, -0.05) is 30.3 Å². The average Bonchev–Trinajstić information content (AvgIpc) is 3.14. The fourth-order valence-electron chi connectivity index (χ4n) is 3.11. The molecule has 0 fully saturated rings. The number of amides is 1. The van der Waals surface area contributed by atoms with E-state index in [2.05, 4.69) is 32.7 Å². The molecule has 2 aromatic carbocycles. The van der Waals surface area contributed by atoms with Gasteiger partial charge in [-0.3, -0.25) is 4.79 Å². The smallest absolute Gasteiger partial charge is 0.243 e. The Morgan fingerprint density at radius 1 is 1.07 bits per heavy atom.